The maximum atomic E-state index is 6.03. The molecule has 114 valence electrons. The van der Waals surface area contributed by atoms with E-state index in [4.69, 9.17) is 9.47 Å². The number of para-hydroxylation sites is 2. The van der Waals surface area contributed by atoms with Crippen molar-refractivity contribution in [3.8, 4) is 11.5 Å². The van der Waals surface area contributed by atoms with Crippen LogP contribution in [0.5, 0.6) is 11.5 Å². The van der Waals surface area contributed by atoms with Gasteiger partial charge >= 0.3 is 0 Å². The van der Waals surface area contributed by atoms with E-state index < -0.39 is 0 Å². The fourth-order valence-corrected chi connectivity index (χ4v) is 3.35. The molecule has 2 aliphatic heterocycles. The Morgan fingerprint density at radius 1 is 0.909 bits per heavy atom. The zero-order valence-electron chi connectivity index (χ0n) is 12.6. The first-order chi connectivity index (χ1) is 10.9. The quantitative estimate of drug-likeness (QED) is 0.927. The van der Waals surface area contributed by atoms with Gasteiger partial charge in [0.2, 0.25) is 0 Å². The Hall–Kier alpha value is -1.84. The largest absolute Gasteiger partial charge is 0.457 e. The highest BCUT2D eigenvalue weighted by Crippen LogP contribution is 2.42. The monoisotopic (exact) mass is 295 g/mol. The first-order valence-corrected chi connectivity index (χ1v) is 8.12. The lowest BCUT2D eigenvalue weighted by Crippen LogP contribution is -2.35. The van der Waals surface area contributed by atoms with Gasteiger partial charge in [-0.05, 0) is 31.4 Å². The molecule has 0 saturated carbocycles. The van der Waals surface area contributed by atoms with Crippen molar-refractivity contribution in [1.82, 2.24) is 5.32 Å². The van der Waals surface area contributed by atoms with E-state index in [2.05, 4.69) is 29.6 Å². The molecule has 1 fully saturated rings. The predicted octanol–water partition coefficient (Wildman–Crippen LogP) is 4.04. The van der Waals surface area contributed by atoms with Gasteiger partial charge in [-0.15, -0.1) is 0 Å². The minimum atomic E-state index is 0.173. The van der Waals surface area contributed by atoms with E-state index in [1.165, 1.54) is 24.0 Å². The van der Waals surface area contributed by atoms with Crippen molar-refractivity contribution < 1.29 is 9.47 Å². The van der Waals surface area contributed by atoms with Crippen molar-refractivity contribution in [2.24, 2.45) is 0 Å². The molecule has 2 aromatic rings. The van der Waals surface area contributed by atoms with Crippen LogP contribution >= 0.6 is 0 Å². The topological polar surface area (TPSA) is 30.5 Å². The van der Waals surface area contributed by atoms with Gasteiger partial charge in [0, 0.05) is 24.3 Å². The van der Waals surface area contributed by atoms with Crippen LogP contribution in [0.15, 0.2) is 48.5 Å². The van der Waals surface area contributed by atoms with Crippen molar-refractivity contribution in [3.63, 3.8) is 0 Å². The number of rotatable bonds is 3. The first-order valence-electron chi connectivity index (χ1n) is 8.12. The molecule has 1 atom stereocenters. The van der Waals surface area contributed by atoms with Crippen LogP contribution in [-0.4, -0.2) is 19.3 Å². The molecule has 0 unspecified atom stereocenters. The van der Waals surface area contributed by atoms with Gasteiger partial charge < -0.3 is 14.8 Å². The Morgan fingerprint density at radius 3 is 2.23 bits per heavy atom. The summed E-state index contributed by atoms with van der Waals surface area (Å²) in [7, 11) is 0. The summed E-state index contributed by atoms with van der Waals surface area (Å²) in [4.78, 5) is 0. The molecule has 3 nitrogen and oxygen atoms in total. The second kappa shape index (κ2) is 6.11. The van der Waals surface area contributed by atoms with Gasteiger partial charge in [0.15, 0.2) is 0 Å². The fraction of sp³-hybridized carbons (Fsp3) is 0.368. The van der Waals surface area contributed by atoms with Crippen LogP contribution in [0.1, 0.15) is 36.4 Å². The second-order valence-electron chi connectivity index (χ2n) is 6.01. The Balaban J connectivity index is 1.60. The number of ether oxygens (including phenoxy) is 2. The summed E-state index contributed by atoms with van der Waals surface area (Å²) in [5.74, 6) is 1.89. The van der Waals surface area contributed by atoms with E-state index in [1.807, 2.05) is 24.3 Å². The summed E-state index contributed by atoms with van der Waals surface area (Å²) in [5.41, 5.74) is 2.41. The van der Waals surface area contributed by atoms with E-state index in [0.29, 0.717) is 6.10 Å². The van der Waals surface area contributed by atoms with Gasteiger partial charge in [-0.25, -0.2) is 0 Å². The molecular weight excluding hydrogens is 274 g/mol. The number of hydrogen-bond acceptors (Lipinski definition) is 3. The summed E-state index contributed by atoms with van der Waals surface area (Å²) in [5, 5.41) is 3.70. The fourth-order valence-electron chi connectivity index (χ4n) is 3.35. The van der Waals surface area contributed by atoms with Gasteiger partial charge in [-0.2, -0.15) is 0 Å². The molecule has 0 aliphatic carbocycles. The van der Waals surface area contributed by atoms with Crippen LogP contribution in [0.3, 0.4) is 0 Å². The lowest BCUT2D eigenvalue weighted by Gasteiger charge is -2.31. The van der Waals surface area contributed by atoms with Crippen LogP contribution < -0.4 is 10.1 Å². The maximum Gasteiger partial charge on any atom is 0.132 e. The van der Waals surface area contributed by atoms with Gasteiger partial charge in [0.05, 0.1) is 12.1 Å². The standard InChI is InChI=1S/C19H21NO2/c1-3-10-17-15(8-1)19(16-9-2-4-11-18(16)22-17)20-13-14-7-5-6-12-21-14/h1-4,8-11,14,19-20H,5-7,12-13H2/t14-/m1/s1. The average molecular weight is 295 g/mol. The first kappa shape index (κ1) is 13.8. The number of fused-ring (bicyclic) bond motifs is 2. The van der Waals surface area contributed by atoms with Crippen molar-refractivity contribution >= 4 is 0 Å². The summed E-state index contributed by atoms with van der Waals surface area (Å²) >= 11 is 0. The van der Waals surface area contributed by atoms with Crippen LogP contribution in [0.25, 0.3) is 0 Å². The molecule has 22 heavy (non-hydrogen) atoms. The highest BCUT2D eigenvalue weighted by Gasteiger charge is 2.27. The lowest BCUT2D eigenvalue weighted by atomic mass is 9.94. The van der Waals surface area contributed by atoms with E-state index in [1.54, 1.807) is 0 Å². The lowest BCUT2D eigenvalue weighted by molar-refractivity contribution is 0.0158. The predicted molar refractivity (Wildman–Crippen MR) is 86.4 cm³/mol. The van der Waals surface area contributed by atoms with Gasteiger partial charge in [0.25, 0.3) is 0 Å². The van der Waals surface area contributed by atoms with Crippen LogP contribution in [0, 0.1) is 0 Å². The highest BCUT2D eigenvalue weighted by molar-refractivity contribution is 5.52. The van der Waals surface area contributed by atoms with Crippen LogP contribution in [0.4, 0.5) is 0 Å². The van der Waals surface area contributed by atoms with E-state index in [-0.39, 0.29) is 6.04 Å². The van der Waals surface area contributed by atoms with Gasteiger partial charge in [-0.1, -0.05) is 36.4 Å². The maximum absolute atomic E-state index is 6.03. The zero-order chi connectivity index (χ0) is 14.8. The number of hydrogen-bond donors (Lipinski definition) is 1. The SMILES string of the molecule is c1ccc2c(c1)Oc1ccccc1C2NC[C@H]1CCCCO1. The number of benzene rings is 2. The summed E-state index contributed by atoms with van der Waals surface area (Å²) in [6, 6.07) is 16.7. The molecular formula is C19H21NO2. The molecule has 0 bridgehead atoms. The third-order valence-electron chi connectivity index (χ3n) is 4.50. The average Bonchev–Trinajstić information content (AvgIpc) is 2.59. The summed E-state index contributed by atoms with van der Waals surface area (Å²) in [6.07, 6.45) is 3.95. The van der Waals surface area contributed by atoms with Crippen molar-refractivity contribution in [2.75, 3.05) is 13.2 Å². The molecule has 1 saturated heterocycles. The third kappa shape index (κ3) is 2.62. The molecule has 1 N–H and O–H groups in total. The van der Waals surface area contributed by atoms with Crippen molar-refractivity contribution in [3.05, 3.63) is 59.7 Å². The van der Waals surface area contributed by atoms with Crippen molar-refractivity contribution in [2.45, 2.75) is 31.4 Å². The normalized spacial score (nSPS) is 20.8. The molecule has 2 heterocycles. The van der Waals surface area contributed by atoms with E-state index in [0.717, 1.165) is 31.1 Å². The molecule has 4 rings (SSSR count). The molecule has 0 radical (unpaired) electrons. The van der Waals surface area contributed by atoms with E-state index in [9.17, 15) is 0 Å². The Morgan fingerprint density at radius 2 is 1.59 bits per heavy atom. The summed E-state index contributed by atoms with van der Waals surface area (Å²) in [6.45, 7) is 1.78. The Kier molecular flexibility index (Phi) is 3.83. The van der Waals surface area contributed by atoms with E-state index >= 15 is 0 Å². The molecule has 0 spiro atoms. The smallest absolute Gasteiger partial charge is 0.132 e. The van der Waals surface area contributed by atoms with Gasteiger partial charge in [0.1, 0.15) is 11.5 Å². The van der Waals surface area contributed by atoms with Gasteiger partial charge in [-0.3, -0.25) is 0 Å². The third-order valence-corrected chi connectivity index (χ3v) is 4.50. The second-order valence-corrected chi connectivity index (χ2v) is 6.01. The molecule has 3 heteroatoms. The minimum Gasteiger partial charge on any atom is -0.457 e. The Labute approximate surface area is 131 Å². The molecule has 2 aliphatic rings. The number of nitrogens with one attached hydrogen (secondary N) is 1. The minimum absolute atomic E-state index is 0.173. The summed E-state index contributed by atoms with van der Waals surface area (Å²) < 4.78 is 11.9. The van der Waals surface area contributed by atoms with Crippen molar-refractivity contribution in [1.29, 1.82) is 0 Å². The molecule has 0 amide bonds. The molecule has 2 aromatic carbocycles. The highest BCUT2D eigenvalue weighted by atomic mass is 16.5. The molecule has 0 aromatic heterocycles. The zero-order valence-corrected chi connectivity index (χ0v) is 12.6. The van der Waals surface area contributed by atoms with Crippen LogP contribution in [0.2, 0.25) is 0 Å². The Bertz CT molecular complexity index is 604. The van der Waals surface area contributed by atoms with Crippen LogP contribution in [-0.2, 0) is 4.74 Å².